The van der Waals surface area contributed by atoms with E-state index in [1.54, 1.807) is 26.8 Å². The largest absolute Gasteiger partial charge is 0.479 e. The van der Waals surface area contributed by atoms with Gasteiger partial charge in [-0.25, -0.2) is 8.78 Å². The fourth-order valence-electron chi connectivity index (χ4n) is 4.33. The lowest BCUT2D eigenvalue weighted by atomic mass is 9.95. The Kier molecular flexibility index (Phi) is 8.83. The van der Waals surface area contributed by atoms with Gasteiger partial charge in [-0.3, -0.25) is 14.4 Å². The summed E-state index contributed by atoms with van der Waals surface area (Å²) in [4.78, 5) is 44.9. The Labute approximate surface area is 232 Å². The van der Waals surface area contributed by atoms with E-state index in [2.05, 4.69) is 10.3 Å². The molecule has 1 amide bonds. The van der Waals surface area contributed by atoms with Crippen LogP contribution in [0.5, 0.6) is 5.75 Å². The van der Waals surface area contributed by atoms with E-state index in [0.717, 1.165) is 0 Å². The van der Waals surface area contributed by atoms with Crippen molar-refractivity contribution in [1.29, 1.82) is 0 Å². The second kappa shape index (κ2) is 12.1. The third-order valence-corrected chi connectivity index (χ3v) is 6.35. The van der Waals surface area contributed by atoms with Crippen molar-refractivity contribution in [1.82, 2.24) is 10.3 Å². The molecule has 1 aliphatic heterocycles. The molecule has 1 aromatic heterocycles. The predicted molar refractivity (Wildman–Crippen MR) is 138 cm³/mol. The zero-order chi connectivity index (χ0) is 29.9. The van der Waals surface area contributed by atoms with Crippen molar-refractivity contribution in [3.8, 4) is 5.75 Å². The summed E-state index contributed by atoms with van der Waals surface area (Å²) in [6.45, 7) is 4.61. The van der Waals surface area contributed by atoms with Gasteiger partial charge in [-0.15, -0.1) is 0 Å². The molecule has 1 fully saturated rings. The number of amides is 1. The Morgan fingerprint density at radius 1 is 1.07 bits per heavy atom. The molecule has 1 saturated heterocycles. The normalized spacial score (nSPS) is 15.0. The van der Waals surface area contributed by atoms with E-state index in [0.29, 0.717) is 43.0 Å². The molecule has 1 N–H and O–H groups in total. The number of Topliss-reactive ketones (excluding diaryl/α,β-unsaturated/α-hetero) is 1. The van der Waals surface area contributed by atoms with Crippen molar-refractivity contribution < 1.29 is 45.8 Å². The number of esters is 1. The van der Waals surface area contributed by atoms with Crippen LogP contribution in [0.1, 0.15) is 40.0 Å². The number of piperidine rings is 1. The molecular formula is C28H29F4N3O6. The number of hydrogen-bond acceptors (Lipinski definition) is 8. The molecule has 3 aromatic rings. The molecule has 41 heavy (non-hydrogen) atoms. The van der Waals surface area contributed by atoms with Crippen molar-refractivity contribution in [3.63, 3.8) is 0 Å². The quantitative estimate of drug-likeness (QED) is 0.225. The average molecular weight is 580 g/mol. The van der Waals surface area contributed by atoms with Crippen LogP contribution in [0.4, 0.5) is 23.6 Å². The van der Waals surface area contributed by atoms with E-state index in [1.807, 2.05) is 23.1 Å². The van der Waals surface area contributed by atoms with Crippen molar-refractivity contribution in [2.75, 3.05) is 24.6 Å². The number of carbonyl (C=O) groups excluding carboxylic acids is 3. The van der Waals surface area contributed by atoms with Crippen LogP contribution in [0.3, 0.4) is 0 Å². The van der Waals surface area contributed by atoms with Crippen LogP contribution in [0.15, 0.2) is 34.7 Å². The van der Waals surface area contributed by atoms with Gasteiger partial charge in [-0.05, 0) is 45.7 Å². The molecule has 2 heterocycles. The fourth-order valence-corrected chi connectivity index (χ4v) is 4.33. The Bertz CT molecular complexity index is 1390. The van der Waals surface area contributed by atoms with Crippen LogP contribution in [0.25, 0.3) is 11.1 Å². The van der Waals surface area contributed by atoms with E-state index >= 15 is 0 Å². The lowest BCUT2D eigenvalue weighted by molar-refractivity contribution is -0.156. The van der Waals surface area contributed by atoms with Crippen molar-refractivity contribution in [2.45, 2.75) is 51.7 Å². The highest BCUT2D eigenvalue weighted by Crippen LogP contribution is 2.28. The predicted octanol–water partition coefficient (Wildman–Crippen LogP) is 4.47. The maximum atomic E-state index is 14.0. The number of anilines is 1. The zero-order valence-corrected chi connectivity index (χ0v) is 22.6. The highest BCUT2D eigenvalue weighted by Gasteiger charge is 2.33. The first-order valence-electron chi connectivity index (χ1n) is 12.9. The second-order valence-corrected chi connectivity index (χ2v) is 10.6. The Hall–Kier alpha value is -4.16. The first-order valence-corrected chi connectivity index (χ1v) is 12.9. The monoisotopic (exact) mass is 579 g/mol. The fraction of sp³-hybridized carbons (Fsp3) is 0.429. The summed E-state index contributed by atoms with van der Waals surface area (Å²) < 4.78 is 70.8. The van der Waals surface area contributed by atoms with Gasteiger partial charge < -0.3 is 24.1 Å². The maximum Gasteiger partial charge on any atom is 0.308 e. The average Bonchev–Trinajstić information content (AvgIpc) is 3.35. The molecule has 0 spiro atoms. The number of halogens is 4. The standard InChI is InChI=1S/C28H29F4N3O6/c1-28(2,3)41-22(37)13-19(20(36)14-39-25-23(31)16(29)12-17(30)24(25)32)33-26(38)15-8-10-35(11-9-15)27-34-18-6-4-5-7-21(18)40-27/h4-7,12,15,19H,8-11,13-14H2,1-3H3,(H,33,38)/t19-/m0/s1. The summed E-state index contributed by atoms with van der Waals surface area (Å²) >= 11 is 0. The molecule has 1 atom stereocenters. The van der Waals surface area contributed by atoms with E-state index in [1.165, 1.54) is 0 Å². The highest BCUT2D eigenvalue weighted by molar-refractivity contribution is 5.93. The van der Waals surface area contributed by atoms with Gasteiger partial charge in [0, 0.05) is 25.1 Å². The van der Waals surface area contributed by atoms with Gasteiger partial charge in [-0.1, -0.05) is 12.1 Å². The number of ether oxygens (including phenoxy) is 2. The van der Waals surface area contributed by atoms with Crippen LogP contribution < -0.4 is 15.0 Å². The number of oxazole rings is 1. The molecule has 0 unspecified atom stereocenters. The third kappa shape index (κ3) is 7.33. The van der Waals surface area contributed by atoms with Crippen molar-refractivity contribution in [3.05, 3.63) is 53.6 Å². The Balaban J connectivity index is 1.41. The van der Waals surface area contributed by atoms with E-state index in [-0.39, 0.29) is 6.07 Å². The Morgan fingerprint density at radius 3 is 2.32 bits per heavy atom. The van der Waals surface area contributed by atoms with E-state index in [9.17, 15) is 31.9 Å². The highest BCUT2D eigenvalue weighted by atomic mass is 19.2. The van der Waals surface area contributed by atoms with Crippen LogP contribution in [0.2, 0.25) is 0 Å². The molecule has 9 nitrogen and oxygen atoms in total. The van der Waals surface area contributed by atoms with Crippen LogP contribution >= 0.6 is 0 Å². The van der Waals surface area contributed by atoms with Crippen LogP contribution in [-0.4, -0.2) is 54.0 Å². The first-order chi connectivity index (χ1) is 19.3. The van der Waals surface area contributed by atoms with Crippen LogP contribution in [0, 0.1) is 29.2 Å². The van der Waals surface area contributed by atoms with Crippen LogP contribution in [-0.2, 0) is 19.1 Å². The maximum absolute atomic E-state index is 14.0. The van der Waals surface area contributed by atoms with Gasteiger partial charge in [-0.2, -0.15) is 13.8 Å². The smallest absolute Gasteiger partial charge is 0.308 e. The SMILES string of the molecule is CC(C)(C)OC(=O)C[C@H](NC(=O)C1CCN(c2nc3ccccc3o2)CC1)C(=O)COc1c(F)c(F)cc(F)c1F. The van der Waals surface area contributed by atoms with E-state index in [4.69, 9.17) is 13.9 Å². The number of fused-ring (bicyclic) bond motifs is 1. The summed E-state index contributed by atoms with van der Waals surface area (Å²) in [6, 6.07) is 6.23. The summed E-state index contributed by atoms with van der Waals surface area (Å²) in [6.07, 6.45) is 0.163. The molecule has 4 rings (SSSR count). The number of aromatic nitrogens is 1. The number of rotatable bonds is 9. The summed E-state index contributed by atoms with van der Waals surface area (Å²) in [5.74, 6) is -11.3. The van der Waals surface area contributed by atoms with Gasteiger partial charge in [0.05, 0.1) is 6.42 Å². The topological polar surface area (TPSA) is 111 Å². The zero-order valence-electron chi connectivity index (χ0n) is 22.6. The number of para-hydroxylation sites is 2. The molecule has 0 radical (unpaired) electrons. The summed E-state index contributed by atoms with van der Waals surface area (Å²) in [5, 5.41) is 2.50. The van der Waals surface area contributed by atoms with Gasteiger partial charge in [0.2, 0.25) is 17.5 Å². The minimum Gasteiger partial charge on any atom is -0.479 e. The van der Waals surface area contributed by atoms with E-state index < -0.39 is 77.3 Å². The minimum atomic E-state index is -1.82. The number of nitrogens with zero attached hydrogens (tertiary/aromatic N) is 2. The molecule has 1 aliphatic rings. The van der Waals surface area contributed by atoms with Gasteiger partial charge in [0.15, 0.2) is 28.8 Å². The lowest BCUT2D eigenvalue weighted by Crippen LogP contribution is -2.49. The molecule has 2 aromatic carbocycles. The molecule has 13 heteroatoms. The Morgan fingerprint density at radius 2 is 1.71 bits per heavy atom. The molecule has 0 bridgehead atoms. The second-order valence-electron chi connectivity index (χ2n) is 10.6. The lowest BCUT2D eigenvalue weighted by Gasteiger charge is -2.31. The summed E-state index contributed by atoms with van der Waals surface area (Å²) in [5.41, 5.74) is 0.441. The molecule has 0 aliphatic carbocycles. The summed E-state index contributed by atoms with van der Waals surface area (Å²) in [7, 11) is 0. The first kappa shape index (κ1) is 29.8. The molecule has 220 valence electrons. The van der Waals surface area contributed by atoms with Gasteiger partial charge >= 0.3 is 5.97 Å². The number of carbonyl (C=O) groups is 3. The number of ketones is 1. The molecule has 0 saturated carbocycles. The van der Waals surface area contributed by atoms with Gasteiger partial charge in [0.25, 0.3) is 6.01 Å². The third-order valence-electron chi connectivity index (χ3n) is 6.35. The van der Waals surface area contributed by atoms with Gasteiger partial charge in [0.1, 0.15) is 23.8 Å². The minimum absolute atomic E-state index is 0.000452. The van der Waals surface area contributed by atoms with Crippen molar-refractivity contribution >= 4 is 34.8 Å². The van der Waals surface area contributed by atoms with Crippen molar-refractivity contribution in [2.24, 2.45) is 5.92 Å². The number of nitrogens with one attached hydrogen (secondary N) is 1. The number of hydrogen-bond donors (Lipinski definition) is 1. The molecular weight excluding hydrogens is 550 g/mol. The number of benzene rings is 2.